The molecule has 6 heteroatoms. The van der Waals surface area contributed by atoms with Crippen LogP contribution >= 0.6 is 24.0 Å². The molecule has 0 aliphatic rings. The van der Waals surface area contributed by atoms with Gasteiger partial charge < -0.3 is 20.5 Å². The van der Waals surface area contributed by atoms with Crippen LogP contribution in [0.3, 0.4) is 0 Å². The molecule has 5 nitrogen and oxygen atoms in total. The van der Waals surface area contributed by atoms with E-state index in [0.717, 1.165) is 34.9 Å². The number of nitrogens with one attached hydrogen (secondary N) is 2. The van der Waals surface area contributed by atoms with Crippen molar-refractivity contribution in [3.8, 4) is 5.75 Å². The van der Waals surface area contributed by atoms with Crippen molar-refractivity contribution in [2.75, 3.05) is 19.7 Å². The van der Waals surface area contributed by atoms with Crippen molar-refractivity contribution in [1.82, 2.24) is 10.6 Å². The van der Waals surface area contributed by atoms with E-state index in [1.54, 1.807) is 0 Å². The zero-order valence-electron chi connectivity index (χ0n) is 16.9. The molecular formula is C22H32IN3O2. The van der Waals surface area contributed by atoms with Gasteiger partial charge in [0.25, 0.3) is 0 Å². The number of benzene rings is 2. The first-order valence-electron chi connectivity index (χ1n) is 9.61. The largest absolute Gasteiger partial charge is 0.494 e. The lowest BCUT2D eigenvalue weighted by Gasteiger charge is -2.14. The molecule has 1 atom stereocenters. The van der Waals surface area contributed by atoms with E-state index in [0.29, 0.717) is 26.1 Å². The number of nitrogens with zero attached hydrogens (tertiary/aromatic N) is 1. The Balaban J connectivity index is 0.00000392. The van der Waals surface area contributed by atoms with E-state index < -0.39 is 6.10 Å². The van der Waals surface area contributed by atoms with E-state index >= 15 is 0 Å². The summed E-state index contributed by atoms with van der Waals surface area (Å²) in [7, 11) is 0. The Morgan fingerprint density at radius 1 is 1.11 bits per heavy atom. The number of halogens is 1. The molecule has 154 valence electrons. The molecule has 0 bridgehead atoms. The number of aryl methyl sites for hydroxylation is 1. The standard InChI is InChI=1S/C22H31N3O2.HI/c1-4-23-22(24-14-13-20(26)19-9-7-6-8-10-19)25-16-18-11-12-21(27-5-2)17(3)15-18;/h6-12,15,20,26H,4-5,13-14,16H2,1-3H3,(H2,23,24,25);1H. The van der Waals surface area contributed by atoms with Crippen LogP contribution in [-0.4, -0.2) is 30.8 Å². The first kappa shape index (κ1) is 24.2. The van der Waals surface area contributed by atoms with E-state index in [-0.39, 0.29) is 24.0 Å². The third-order valence-electron chi connectivity index (χ3n) is 4.20. The highest BCUT2D eigenvalue weighted by molar-refractivity contribution is 14.0. The quantitative estimate of drug-likeness (QED) is 0.276. The van der Waals surface area contributed by atoms with Crippen molar-refractivity contribution in [2.45, 2.75) is 39.8 Å². The molecule has 0 fully saturated rings. The third-order valence-corrected chi connectivity index (χ3v) is 4.20. The summed E-state index contributed by atoms with van der Waals surface area (Å²) >= 11 is 0. The first-order valence-corrected chi connectivity index (χ1v) is 9.61. The SMILES string of the molecule is CCNC(=NCc1ccc(OCC)c(C)c1)NCCC(O)c1ccccc1.I. The summed E-state index contributed by atoms with van der Waals surface area (Å²) in [6.45, 7) is 8.76. The average molecular weight is 497 g/mol. The Labute approximate surface area is 185 Å². The van der Waals surface area contributed by atoms with E-state index in [9.17, 15) is 5.11 Å². The highest BCUT2D eigenvalue weighted by Gasteiger charge is 2.07. The lowest BCUT2D eigenvalue weighted by atomic mass is 10.1. The summed E-state index contributed by atoms with van der Waals surface area (Å²) < 4.78 is 5.58. The smallest absolute Gasteiger partial charge is 0.191 e. The van der Waals surface area contributed by atoms with Gasteiger partial charge in [-0.2, -0.15) is 0 Å². The Morgan fingerprint density at radius 3 is 2.50 bits per heavy atom. The molecule has 0 amide bonds. The summed E-state index contributed by atoms with van der Waals surface area (Å²) in [5.74, 6) is 1.68. The van der Waals surface area contributed by atoms with Gasteiger partial charge in [-0.05, 0) is 49.9 Å². The molecule has 0 spiro atoms. The third kappa shape index (κ3) is 8.06. The predicted octanol–water partition coefficient (Wildman–Crippen LogP) is 4.19. The molecule has 0 radical (unpaired) electrons. The second-order valence-corrected chi connectivity index (χ2v) is 6.37. The molecule has 0 heterocycles. The number of aliphatic hydroxyl groups excluding tert-OH is 1. The van der Waals surface area contributed by atoms with Crippen molar-refractivity contribution >= 4 is 29.9 Å². The normalized spacial score (nSPS) is 12.1. The number of aliphatic hydroxyl groups is 1. The van der Waals surface area contributed by atoms with Gasteiger partial charge in [0, 0.05) is 13.1 Å². The predicted molar refractivity (Wildman–Crippen MR) is 127 cm³/mol. The fourth-order valence-electron chi connectivity index (χ4n) is 2.81. The van der Waals surface area contributed by atoms with Crippen molar-refractivity contribution < 1.29 is 9.84 Å². The molecule has 28 heavy (non-hydrogen) atoms. The number of rotatable bonds is 9. The number of guanidine groups is 1. The van der Waals surface area contributed by atoms with Gasteiger partial charge in [-0.25, -0.2) is 4.99 Å². The van der Waals surface area contributed by atoms with Gasteiger partial charge in [0.1, 0.15) is 5.75 Å². The second-order valence-electron chi connectivity index (χ2n) is 6.37. The van der Waals surface area contributed by atoms with Gasteiger partial charge in [-0.15, -0.1) is 24.0 Å². The Bertz CT molecular complexity index is 723. The molecule has 2 aromatic rings. The molecule has 0 aliphatic heterocycles. The zero-order chi connectivity index (χ0) is 19.5. The number of hydrogen-bond acceptors (Lipinski definition) is 3. The second kappa shape index (κ2) is 13.4. The minimum absolute atomic E-state index is 0. The van der Waals surface area contributed by atoms with Crippen LogP contribution in [0.4, 0.5) is 0 Å². The number of aliphatic imine (C=N–C) groups is 1. The van der Waals surface area contributed by atoms with Crippen LogP contribution in [0.1, 0.15) is 43.1 Å². The van der Waals surface area contributed by atoms with Crippen LogP contribution in [0, 0.1) is 6.92 Å². The summed E-state index contributed by atoms with van der Waals surface area (Å²) in [5, 5.41) is 16.8. The van der Waals surface area contributed by atoms with Gasteiger partial charge in [0.15, 0.2) is 5.96 Å². The lowest BCUT2D eigenvalue weighted by Crippen LogP contribution is -2.38. The maximum Gasteiger partial charge on any atom is 0.191 e. The Kier molecular flexibility index (Phi) is 11.6. The van der Waals surface area contributed by atoms with Crippen molar-refractivity contribution in [3.05, 3.63) is 65.2 Å². The van der Waals surface area contributed by atoms with Crippen molar-refractivity contribution in [1.29, 1.82) is 0 Å². The molecule has 0 saturated carbocycles. The van der Waals surface area contributed by atoms with E-state index in [2.05, 4.69) is 21.7 Å². The fraction of sp³-hybridized carbons (Fsp3) is 0.409. The van der Waals surface area contributed by atoms with Crippen molar-refractivity contribution in [3.63, 3.8) is 0 Å². The van der Waals surface area contributed by atoms with Crippen LogP contribution in [0.5, 0.6) is 5.75 Å². The van der Waals surface area contributed by atoms with Crippen LogP contribution in [-0.2, 0) is 6.54 Å². The van der Waals surface area contributed by atoms with Crippen LogP contribution in [0.15, 0.2) is 53.5 Å². The number of hydrogen-bond donors (Lipinski definition) is 3. The summed E-state index contributed by atoms with van der Waals surface area (Å²) in [6.07, 6.45) is 0.145. The molecule has 2 aromatic carbocycles. The van der Waals surface area contributed by atoms with E-state index in [1.807, 2.05) is 63.2 Å². The van der Waals surface area contributed by atoms with Gasteiger partial charge in [-0.3, -0.25) is 0 Å². The fourth-order valence-corrected chi connectivity index (χ4v) is 2.81. The summed E-state index contributed by atoms with van der Waals surface area (Å²) in [5.41, 5.74) is 3.19. The Hall–Kier alpha value is -1.80. The maximum atomic E-state index is 10.3. The highest BCUT2D eigenvalue weighted by atomic mass is 127. The van der Waals surface area contributed by atoms with Crippen LogP contribution in [0.2, 0.25) is 0 Å². The summed E-state index contributed by atoms with van der Waals surface area (Å²) in [6, 6.07) is 15.9. The molecule has 0 aromatic heterocycles. The van der Waals surface area contributed by atoms with Crippen LogP contribution in [0.25, 0.3) is 0 Å². The van der Waals surface area contributed by atoms with Crippen LogP contribution < -0.4 is 15.4 Å². The molecule has 1 unspecified atom stereocenters. The minimum Gasteiger partial charge on any atom is -0.494 e. The summed E-state index contributed by atoms with van der Waals surface area (Å²) in [4.78, 5) is 4.64. The minimum atomic E-state index is -0.477. The van der Waals surface area contributed by atoms with Gasteiger partial charge in [-0.1, -0.05) is 42.5 Å². The first-order chi connectivity index (χ1) is 13.1. The van der Waals surface area contributed by atoms with Gasteiger partial charge in [0.05, 0.1) is 19.3 Å². The molecule has 2 rings (SSSR count). The van der Waals surface area contributed by atoms with E-state index in [4.69, 9.17) is 4.74 Å². The van der Waals surface area contributed by atoms with Gasteiger partial charge in [0.2, 0.25) is 0 Å². The molecule has 0 aliphatic carbocycles. The molecular weight excluding hydrogens is 465 g/mol. The maximum absolute atomic E-state index is 10.3. The molecule has 3 N–H and O–H groups in total. The van der Waals surface area contributed by atoms with Gasteiger partial charge >= 0.3 is 0 Å². The monoisotopic (exact) mass is 497 g/mol. The Morgan fingerprint density at radius 2 is 1.86 bits per heavy atom. The highest BCUT2D eigenvalue weighted by Crippen LogP contribution is 2.19. The zero-order valence-corrected chi connectivity index (χ0v) is 19.3. The number of ether oxygens (including phenoxy) is 1. The van der Waals surface area contributed by atoms with E-state index in [1.165, 1.54) is 0 Å². The van der Waals surface area contributed by atoms with Crippen molar-refractivity contribution in [2.24, 2.45) is 4.99 Å². The topological polar surface area (TPSA) is 65.9 Å². The average Bonchev–Trinajstić information content (AvgIpc) is 2.68. The molecule has 0 saturated heterocycles. The lowest BCUT2D eigenvalue weighted by molar-refractivity contribution is 0.168.